The molecule has 1 N–H and O–H groups in total. The van der Waals surface area contributed by atoms with Gasteiger partial charge in [0.2, 0.25) is 0 Å². The van der Waals surface area contributed by atoms with Crippen LogP contribution >= 0.6 is 0 Å². The van der Waals surface area contributed by atoms with Gasteiger partial charge in [0.15, 0.2) is 0 Å². The lowest BCUT2D eigenvalue weighted by Gasteiger charge is -2.26. The van der Waals surface area contributed by atoms with E-state index in [1.165, 1.54) is 0 Å². The smallest absolute Gasteiger partial charge is 0.321 e. The van der Waals surface area contributed by atoms with Crippen molar-refractivity contribution in [3.63, 3.8) is 0 Å². The number of aromatic nitrogens is 1. The lowest BCUT2D eigenvalue weighted by Crippen LogP contribution is -2.41. The number of rotatable bonds is 1. The summed E-state index contributed by atoms with van der Waals surface area (Å²) in [6.07, 6.45) is 0. The Morgan fingerprint density at radius 3 is 2.84 bits per heavy atom. The Balaban J connectivity index is 2.10. The SMILES string of the molecule is Cc1noc(C)c1-c1ccc2c(c1)CNC(=O)N2C. The average Bonchev–Trinajstić information content (AvgIpc) is 2.73. The summed E-state index contributed by atoms with van der Waals surface area (Å²) in [7, 11) is 1.77. The summed E-state index contributed by atoms with van der Waals surface area (Å²) in [4.78, 5) is 13.2. The molecule has 2 aromatic rings. The second-order valence-corrected chi connectivity index (χ2v) is 4.76. The van der Waals surface area contributed by atoms with Crippen LogP contribution in [0.4, 0.5) is 10.5 Å². The Kier molecular flexibility index (Phi) is 2.55. The maximum Gasteiger partial charge on any atom is 0.321 e. The van der Waals surface area contributed by atoms with E-state index in [4.69, 9.17) is 4.52 Å². The summed E-state index contributed by atoms with van der Waals surface area (Å²) in [6, 6.07) is 5.98. The maximum atomic E-state index is 11.6. The van der Waals surface area contributed by atoms with Crippen molar-refractivity contribution in [3.8, 4) is 11.1 Å². The van der Waals surface area contributed by atoms with E-state index in [9.17, 15) is 4.79 Å². The van der Waals surface area contributed by atoms with Crippen LogP contribution in [0.3, 0.4) is 0 Å². The number of benzene rings is 1. The van der Waals surface area contributed by atoms with Gasteiger partial charge in [0.05, 0.1) is 11.4 Å². The topological polar surface area (TPSA) is 58.4 Å². The number of amides is 2. The van der Waals surface area contributed by atoms with Crippen molar-refractivity contribution >= 4 is 11.7 Å². The molecular weight excluding hydrogens is 242 g/mol. The summed E-state index contributed by atoms with van der Waals surface area (Å²) in [6.45, 7) is 4.39. The molecule has 0 saturated heterocycles. The van der Waals surface area contributed by atoms with E-state index < -0.39 is 0 Å². The average molecular weight is 257 g/mol. The lowest BCUT2D eigenvalue weighted by atomic mass is 9.99. The zero-order valence-corrected chi connectivity index (χ0v) is 11.2. The number of fused-ring (bicyclic) bond motifs is 1. The van der Waals surface area contributed by atoms with Gasteiger partial charge in [-0.15, -0.1) is 0 Å². The molecule has 1 aliphatic rings. The first kappa shape index (κ1) is 11.8. The highest BCUT2D eigenvalue weighted by Gasteiger charge is 2.21. The van der Waals surface area contributed by atoms with E-state index in [1.807, 2.05) is 26.0 Å². The molecule has 3 rings (SSSR count). The highest BCUT2D eigenvalue weighted by atomic mass is 16.5. The fraction of sp³-hybridized carbons (Fsp3) is 0.286. The van der Waals surface area contributed by atoms with Gasteiger partial charge in [-0.2, -0.15) is 0 Å². The number of aryl methyl sites for hydroxylation is 2. The molecule has 2 heterocycles. The number of carbonyl (C=O) groups excluding carboxylic acids is 1. The van der Waals surface area contributed by atoms with Crippen LogP contribution in [0, 0.1) is 13.8 Å². The predicted molar refractivity (Wildman–Crippen MR) is 72.1 cm³/mol. The van der Waals surface area contributed by atoms with E-state index in [0.717, 1.165) is 33.8 Å². The van der Waals surface area contributed by atoms with Crippen molar-refractivity contribution in [1.82, 2.24) is 10.5 Å². The quantitative estimate of drug-likeness (QED) is 0.854. The zero-order valence-electron chi connectivity index (χ0n) is 11.2. The summed E-state index contributed by atoms with van der Waals surface area (Å²) in [5, 5.41) is 6.81. The van der Waals surface area contributed by atoms with E-state index in [1.54, 1.807) is 11.9 Å². The first-order valence-corrected chi connectivity index (χ1v) is 6.15. The van der Waals surface area contributed by atoms with Crippen LogP contribution in [0.25, 0.3) is 11.1 Å². The first-order chi connectivity index (χ1) is 9.08. The van der Waals surface area contributed by atoms with Crippen LogP contribution in [0.15, 0.2) is 22.7 Å². The standard InChI is InChI=1S/C14H15N3O2/c1-8-13(9(2)19-16-8)10-4-5-12-11(6-10)7-15-14(18)17(12)3/h4-6H,7H2,1-3H3,(H,15,18). The minimum atomic E-state index is -0.0717. The van der Waals surface area contributed by atoms with Gasteiger partial charge in [-0.1, -0.05) is 11.2 Å². The van der Waals surface area contributed by atoms with E-state index in [2.05, 4.69) is 16.5 Å². The minimum Gasteiger partial charge on any atom is -0.361 e. The number of carbonyl (C=O) groups is 1. The highest BCUT2D eigenvalue weighted by Crippen LogP contribution is 2.32. The summed E-state index contributed by atoms with van der Waals surface area (Å²) >= 11 is 0. The Morgan fingerprint density at radius 1 is 1.37 bits per heavy atom. The van der Waals surface area contributed by atoms with Crippen molar-refractivity contribution < 1.29 is 9.32 Å². The Bertz CT molecular complexity index is 641. The third kappa shape index (κ3) is 1.78. The van der Waals surface area contributed by atoms with Crippen LogP contribution in [0.5, 0.6) is 0 Å². The van der Waals surface area contributed by atoms with Crippen LogP contribution in [-0.2, 0) is 6.54 Å². The second-order valence-electron chi connectivity index (χ2n) is 4.76. The molecule has 19 heavy (non-hydrogen) atoms. The van der Waals surface area contributed by atoms with Crippen molar-refractivity contribution in [2.75, 3.05) is 11.9 Å². The molecule has 0 atom stereocenters. The molecule has 0 fully saturated rings. The number of anilines is 1. The van der Waals surface area contributed by atoms with Crippen molar-refractivity contribution in [2.45, 2.75) is 20.4 Å². The summed E-state index contributed by atoms with van der Waals surface area (Å²) in [5.74, 6) is 0.811. The number of nitrogens with zero attached hydrogens (tertiary/aromatic N) is 2. The van der Waals surface area contributed by atoms with Crippen LogP contribution in [-0.4, -0.2) is 18.2 Å². The van der Waals surface area contributed by atoms with Gasteiger partial charge in [-0.25, -0.2) is 4.79 Å². The number of nitrogens with one attached hydrogen (secondary N) is 1. The molecule has 0 unspecified atom stereocenters. The van der Waals surface area contributed by atoms with Crippen molar-refractivity contribution in [3.05, 3.63) is 35.2 Å². The zero-order chi connectivity index (χ0) is 13.6. The van der Waals surface area contributed by atoms with Gasteiger partial charge in [-0.3, -0.25) is 4.90 Å². The lowest BCUT2D eigenvalue weighted by molar-refractivity contribution is 0.246. The molecule has 0 aliphatic carbocycles. The van der Waals surface area contributed by atoms with Gasteiger partial charge >= 0.3 is 6.03 Å². The second kappa shape index (κ2) is 4.12. The molecule has 1 aromatic carbocycles. The maximum absolute atomic E-state index is 11.6. The third-order valence-electron chi connectivity index (χ3n) is 3.50. The van der Waals surface area contributed by atoms with Gasteiger partial charge in [-0.05, 0) is 37.1 Å². The largest absolute Gasteiger partial charge is 0.361 e. The third-order valence-corrected chi connectivity index (χ3v) is 3.50. The molecule has 1 aliphatic heterocycles. The fourth-order valence-electron chi connectivity index (χ4n) is 2.50. The van der Waals surface area contributed by atoms with Gasteiger partial charge in [0, 0.05) is 19.2 Å². The molecule has 2 amide bonds. The van der Waals surface area contributed by atoms with Gasteiger partial charge in [0.25, 0.3) is 0 Å². The molecule has 0 saturated carbocycles. The molecule has 1 aromatic heterocycles. The Labute approximate surface area is 111 Å². The number of urea groups is 1. The van der Waals surface area contributed by atoms with Crippen LogP contribution in [0.2, 0.25) is 0 Å². The van der Waals surface area contributed by atoms with Gasteiger partial charge < -0.3 is 9.84 Å². The normalized spacial score (nSPS) is 14.3. The predicted octanol–water partition coefficient (Wildman–Crippen LogP) is 2.62. The van der Waals surface area contributed by atoms with Gasteiger partial charge in [0.1, 0.15) is 5.76 Å². The Morgan fingerprint density at radius 2 is 2.16 bits per heavy atom. The molecule has 0 spiro atoms. The van der Waals surface area contributed by atoms with Crippen molar-refractivity contribution in [2.24, 2.45) is 0 Å². The molecule has 5 nitrogen and oxygen atoms in total. The molecule has 0 bridgehead atoms. The number of hydrogen-bond acceptors (Lipinski definition) is 3. The fourth-order valence-corrected chi connectivity index (χ4v) is 2.50. The van der Waals surface area contributed by atoms with E-state index in [-0.39, 0.29) is 6.03 Å². The molecule has 0 radical (unpaired) electrons. The minimum absolute atomic E-state index is 0.0717. The van der Waals surface area contributed by atoms with Crippen molar-refractivity contribution in [1.29, 1.82) is 0 Å². The van der Waals surface area contributed by atoms with Crippen LogP contribution < -0.4 is 10.2 Å². The Hall–Kier alpha value is -2.30. The summed E-state index contributed by atoms with van der Waals surface area (Å²) < 4.78 is 5.20. The monoisotopic (exact) mass is 257 g/mol. The molecule has 5 heteroatoms. The molecular formula is C14H15N3O2. The summed E-state index contributed by atoms with van der Waals surface area (Å²) in [5.41, 5.74) is 5.02. The van der Waals surface area contributed by atoms with E-state index >= 15 is 0 Å². The number of hydrogen-bond donors (Lipinski definition) is 1. The highest BCUT2D eigenvalue weighted by molar-refractivity contribution is 5.94. The van der Waals surface area contributed by atoms with E-state index in [0.29, 0.717) is 6.54 Å². The molecule has 98 valence electrons. The first-order valence-electron chi connectivity index (χ1n) is 6.15. The van der Waals surface area contributed by atoms with Crippen LogP contribution in [0.1, 0.15) is 17.0 Å².